The molecule has 2 aromatic heterocycles. The predicted octanol–water partition coefficient (Wildman–Crippen LogP) is 3.40. The van der Waals surface area contributed by atoms with E-state index in [4.69, 9.17) is 11.6 Å². The van der Waals surface area contributed by atoms with Crippen molar-refractivity contribution >= 4 is 40.0 Å². The van der Waals surface area contributed by atoms with Crippen molar-refractivity contribution < 1.29 is 0 Å². The number of halogens is 1. The molecule has 36 heavy (non-hydrogen) atoms. The maximum absolute atomic E-state index is 13.1. The quantitative estimate of drug-likeness (QED) is 0.442. The van der Waals surface area contributed by atoms with Crippen molar-refractivity contribution in [2.24, 2.45) is 4.99 Å². The minimum atomic E-state index is -0.378. The second-order valence-corrected chi connectivity index (χ2v) is 9.50. The number of hydrogen-bond acceptors (Lipinski definition) is 7. The summed E-state index contributed by atoms with van der Waals surface area (Å²) in [4.78, 5) is 34.2. The van der Waals surface area contributed by atoms with E-state index in [0.717, 1.165) is 37.4 Å². The fourth-order valence-electron chi connectivity index (χ4n) is 4.67. The van der Waals surface area contributed by atoms with Crippen LogP contribution in [0.4, 0.5) is 17.3 Å². The molecule has 1 aliphatic heterocycles. The average molecular weight is 505 g/mol. The van der Waals surface area contributed by atoms with Crippen LogP contribution in [0.5, 0.6) is 0 Å². The van der Waals surface area contributed by atoms with Crippen LogP contribution in [0.15, 0.2) is 52.4 Å². The molecular weight excluding hydrogens is 476 g/mol. The first-order valence-electron chi connectivity index (χ1n) is 11.9. The molecule has 2 N–H and O–H groups in total. The van der Waals surface area contributed by atoms with Crippen molar-refractivity contribution in [3.63, 3.8) is 0 Å². The second-order valence-electron chi connectivity index (χ2n) is 9.09. The van der Waals surface area contributed by atoms with Gasteiger partial charge in [-0.25, -0.2) is 14.3 Å². The summed E-state index contributed by atoms with van der Waals surface area (Å²) in [6.45, 7) is 8.17. The molecule has 1 fully saturated rings. The van der Waals surface area contributed by atoms with E-state index in [0.29, 0.717) is 33.2 Å². The zero-order valence-corrected chi connectivity index (χ0v) is 21.6. The van der Waals surface area contributed by atoms with Crippen LogP contribution < -0.4 is 21.4 Å². The van der Waals surface area contributed by atoms with E-state index in [-0.39, 0.29) is 5.69 Å². The summed E-state index contributed by atoms with van der Waals surface area (Å²) in [5, 5.41) is 4.34. The van der Waals surface area contributed by atoms with E-state index in [2.05, 4.69) is 61.2 Å². The highest BCUT2D eigenvalue weighted by Gasteiger charge is 2.17. The number of benzene rings is 2. The van der Waals surface area contributed by atoms with Crippen molar-refractivity contribution in [1.29, 1.82) is 0 Å². The number of nitrogens with one attached hydrogen (secondary N) is 2. The number of nitrogens with zero attached hydrogens (tertiary/aromatic N) is 6. The highest BCUT2D eigenvalue weighted by molar-refractivity contribution is 6.32. The van der Waals surface area contributed by atoms with E-state index >= 15 is 0 Å². The Hall–Kier alpha value is -3.69. The molecule has 0 unspecified atom stereocenters. The van der Waals surface area contributed by atoms with Gasteiger partial charge in [-0.15, -0.1) is 0 Å². The molecule has 0 radical (unpaired) electrons. The minimum Gasteiger partial charge on any atom is -0.369 e. The van der Waals surface area contributed by atoms with Crippen molar-refractivity contribution in [1.82, 2.24) is 24.4 Å². The van der Waals surface area contributed by atoms with Crippen molar-refractivity contribution in [3.05, 3.63) is 74.7 Å². The van der Waals surface area contributed by atoms with Crippen LogP contribution >= 0.6 is 11.6 Å². The number of aromatic nitrogens is 4. The van der Waals surface area contributed by atoms with Crippen LogP contribution in [-0.4, -0.2) is 64.7 Å². The minimum absolute atomic E-state index is 0.378. The van der Waals surface area contributed by atoms with Gasteiger partial charge in [0.2, 0.25) is 5.95 Å². The van der Waals surface area contributed by atoms with Crippen LogP contribution in [0, 0.1) is 13.8 Å². The normalized spacial score (nSPS) is 15.0. The first-order valence-corrected chi connectivity index (χ1v) is 12.2. The molecule has 10 heteroatoms. The van der Waals surface area contributed by atoms with Crippen LogP contribution in [0.2, 0.25) is 5.02 Å². The van der Waals surface area contributed by atoms with Gasteiger partial charge in [0.05, 0.1) is 16.1 Å². The summed E-state index contributed by atoms with van der Waals surface area (Å²) in [5.41, 5.74) is 5.20. The van der Waals surface area contributed by atoms with Crippen LogP contribution in [0.3, 0.4) is 0 Å². The van der Waals surface area contributed by atoms with Crippen LogP contribution in [-0.2, 0) is 0 Å². The van der Waals surface area contributed by atoms with Gasteiger partial charge in [-0.2, -0.15) is 4.98 Å². The van der Waals surface area contributed by atoms with Crippen LogP contribution in [0.1, 0.15) is 11.1 Å². The summed E-state index contributed by atoms with van der Waals surface area (Å²) in [6.07, 6.45) is 1.66. The summed E-state index contributed by atoms with van der Waals surface area (Å²) < 4.78 is 1.47. The maximum atomic E-state index is 13.1. The number of aryl methyl sites for hydroxylation is 2. The van der Waals surface area contributed by atoms with E-state index in [1.807, 2.05) is 25.1 Å². The topological polar surface area (TPSA) is 94.4 Å². The Kier molecular flexibility index (Phi) is 6.51. The molecular formula is C26H29ClN8O. The van der Waals surface area contributed by atoms with Gasteiger partial charge in [0.25, 0.3) is 0 Å². The lowest BCUT2D eigenvalue weighted by Gasteiger charge is -2.35. The lowest BCUT2D eigenvalue weighted by Crippen LogP contribution is -2.44. The van der Waals surface area contributed by atoms with E-state index in [1.54, 1.807) is 19.3 Å². The highest BCUT2D eigenvalue weighted by atomic mass is 35.5. The Bertz CT molecular complexity index is 1550. The molecule has 186 valence electrons. The summed E-state index contributed by atoms with van der Waals surface area (Å²) in [5.74, 6) is 0.388. The maximum Gasteiger partial charge on any atom is 0.333 e. The van der Waals surface area contributed by atoms with Gasteiger partial charge in [0.15, 0.2) is 5.65 Å². The number of H-pyrrole nitrogens is 1. The second kappa shape index (κ2) is 9.75. The number of anilines is 3. The molecule has 4 aromatic rings. The fourth-order valence-corrected chi connectivity index (χ4v) is 4.98. The molecule has 1 saturated heterocycles. The SMILES string of the molecule is C/N=c1/c2cnc(Nc3ccc(N4CCN(C)CC4)c(C)c3)nc2[nH]c(=O)n1-c1c(C)cccc1Cl. The number of rotatable bonds is 4. The van der Waals surface area contributed by atoms with Crippen molar-refractivity contribution in [2.45, 2.75) is 13.8 Å². The lowest BCUT2D eigenvalue weighted by molar-refractivity contribution is 0.312. The van der Waals surface area contributed by atoms with Crippen molar-refractivity contribution in [3.8, 4) is 5.69 Å². The van der Waals surface area contributed by atoms with E-state index in [9.17, 15) is 4.79 Å². The van der Waals surface area contributed by atoms with Gasteiger partial charge >= 0.3 is 5.69 Å². The Morgan fingerprint density at radius 1 is 1.08 bits per heavy atom. The summed E-state index contributed by atoms with van der Waals surface area (Å²) in [7, 11) is 3.79. The first-order chi connectivity index (χ1) is 17.4. The zero-order chi connectivity index (χ0) is 25.4. The molecule has 2 aromatic carbocycles. The molecule has 1 aliphatic rings. The highest BCUT2D eigenvalue weighted by Crippen LogP contribution is 2.26. The number of likely N-dealkylation sites (N-methyl/N-ethyl adjacent to an activating group) is 1. The molecule has 0 aliphatic carbocycles. The molecule has 0 spiro atoms. The third-order valence-electron chi connectivity index (χ3n) is 6.59. The van der Waals surface area contributed by atoms with Gasteiger partial charge in [-0.1, -0.05) is 23.7 Å². The largest absolute Gasteiger partial charge is 0.369 e. The van der Waals surface area contributed by atoms with Crippen LogP contribution in [0.25, 0.3) is 16.7 Å². The molecule has 0 bridgehead atoms. The number of piperazine rings is 1. The van der Waals surface area contributed by atoms with Gasteiger partial charge in [-0.3, -0.25) is 9.98 Å². The molecule has 3 heterocycles. The standard InChI is InChI=1S/C26H29ClN8O/c1-16-6-5-7-20(27)22(16)35-24(28-3)19-15-29-25(31-23(19)32-26(35)36)30-18-8-9-21(17(2)14-18)34-12-10-33(4)11-13-34/h5-9,14-15H,10-13H2,1-4H3,(H2,29,30,31,32,36)/b28-24-. The summed E-state index contributed by atoms with van der Waals surface area (Å²) >= 11 is 6.45. The third-order valence-corrected chi connectivity index (χ3v) is 6.90. The Labute approximate surface area is 214 Å². The Morgan fingerprint density at radius 2 is 1.86 bits per heavy atom. The predicted molar refractivity (Wildman–Crippen MR) is 145 cm³/mol. The van der Waals surface area contributed by atoms with Gasteiger partial charge in [0.1, 0.15) is 5.49 Å². The third kappa shape index (κ3) is 4.47. The molecule has 0 amide bonds. The lowest BCUT2D eigenvalue weighted by atomic mass is 10.1. The molecule has 0 atom stereocenters. The number of fused-ring (bicyclic) bond motifs is 1. The number of hydrogen-bond donors (Lipinski definition) is 2. The van der Waals surface area contributed by atoms with Gasteiger partial charge in [-0.05, 0) is 56.3 Å². The van der Waals surface area contributed by atoms with E-state index < -0.39 is 0 Å². The first kappa shape index (κ1) is 24.0. The summed E-state index contributed by atoms with van der Waals surface area (Å²) in [6, 6.07) is 11.8. The molecule has 0 saturated carbocycles. The smallest absolute Gasteiger partial charge is 0.333 e. The zero-order valence-electron chi connectivity index (χ0n) is 20.8. The number of para-hydroxylation sites is 1. The van der Waals surface area contributed by atoms with Gasteiger partial charge < -0.3 is 15.1 Å². The molecule has 9 nitrogen and oxygen atoms in total. The molecule has 5 rings (SSSR count). The van der Waals surface area contributed by atoms with Gasteiger partial charge in [0, 0.05) is 50.8 Å². The number of aromatic amines is 1. The monoisotopic (exact) mass is 504 g/mol. The Balaban J connectivity index is 1.48. The average Bonchev–Trinajstić information content (AvgIpc) is 2.85. The fraction of sp³-hybridized carbons (Fsp3) is 0.308. The Morgan fingerprint density at radius 3 is 2.56 bits per heavy atom. The van der Waals surface area contributed by atoms with E-state index in [1.165, 1.54) is 15.8 Å². The van der Waals surface area contributed by atoms with Crippen molar-refractivity contribution in [2.75, 3.05) is 50.5 Å².